The van der Waals surface area contributed by atoms with Crippen molar-refractivity contribution in [3.8, 4) is 11.1 Å². The predicted molar refractivity (Wildman–Crippen MR) is 138 cm³/mol. The third kappa shape index (κ3) is 5.00. The zero-order valence-corrected chi connectivity index (χ0v) is 20.9. The minimum Gasteiger partial charge on any atom is -0.388 e. The van der Waals surface area contributed by atoms with E-state index < -0.39 is 0 Å². The van der Waals surface area contributed by atoms with Gasteiger partial charge in [-0.25, -0.2) is 0 Å². The van der Waals surface area contributed by atoms with Crippen molar-refractivity contribution < 1.29 is 9.53 Å². The molecule has 1 aliphatic heterocycles. The summed E-state index contributed by atoms with van der Waals surface area (Å²) >= 11 is 0. The molecule has 2 aromatic carbocycles. The molecule has 34 heavy (non-hydrogen) atoms. The first-order valence-electron chi connectivity index (χ1n) is 12.0. The number of nitrogens with zero attached hydrogens (tertiary/aromatic N) is 2. The first-order chi connectivity index (χ1) is 16.4. The Hall–Kier alpha value is -3.18. The lowest BCUT2D eigenvalue weighted by atomic mass is 9.88. The van der Waals surface area contributed by atoms with Crippen molar-refractivity contribution in [2.75, 3.05) is 32.6 Å². The van der Waals surface area contributed by atoms with Crippen LogP contribution in [0, 0.1) is 20.8 Å². The summed E-state index contributed by atoms with van der Waals surface area (Å²) in [6.45, 7) is 8.21. The molecular weight excluding hydrogens is 422 g/mol. The van der Waals surface area contributed by atoms with Gasteiger partial charge in [-0.05, 0) is 86.1 Å². The number of piperidine rings is 1. The number of anilines is 1. The minimum absolute atomic E-state index is 0.129. The maximum absolute atomic E-state index is 13.6. The largest absolute Gasteiger partial charge is 0.388 e. The van der Waals surface area contributed by atoms with Gasteiger partial charge in [-0.1, -0.05) is 24.3 Å². The molecule has 1 aromatic heterocycles. The second-order valence-electron chi connectivity index (χ2n) is 9.29. The lowest BCUT2D eigenvalue weighted by molar-refractivity contribution is 0.0712. The SMILES string of the molecule is CNc1ccc(C2CCN(C(=O)c3cc(-c4ccc(COC)nc4C)c(C)cc3C)CC2)cc1. The number of aryl methyl sites for hydroxylation is 3. The van der Waals surface area contributed by atoms with E-state index in [1.165, 1.54) is 5.56 Å². The van der Waals surface area contributed by atoms with Crippen LogP contribution < -0.4 is 5.32 Å². The second-order valence-corrected chi connectivity index (χ2v) is 9.29. The molecule has 5 heteroatoms. The number of rotatable bonds is 6. The number of hydrogen-bond acceptors (Lipinski definition) is 4. The van der Waals surface area contributed by atoms with Gasteiger partial charge in [0, 0.05) is 49.8 Å². The second kappa shape index (κ2) is 10.4. The van der Waals surface area contributed by atoms with Crippen LogP contribution in [-0.4, -0.2) is 43.0 Å². The monoisotopic (exact) mass is 457 g/mol. The highest BCUT2D eigenvalue weighted by Crippen LogP contribution is 2.32. The molecule has 2 heterocycles. The van der Waals surface area contributed by atoms with E-state index in [0.717, 1.165) is 70.8 Å². The fourth-order valence-electron chi connectivity index (χ4n) is 5.01. The molecule has 0 bridgehead atoms. The van der Waals surface area contributed by atoms with Crippen LogP contribution in [0.25, 0.3) is 11.1 Å². The molecule has 1 amide bonds. The zero-order chi connectivity index (χ0) is 24.2. The fourth-order valence-corrected chi connectivity index (χ4v) is 5.01. The highest BCUT2D eigenvalue weighted by atomic mass is 16.5. The summed E-state index contributed by atoms with van der Waals surface area (Å²) in [5.41, 5.74) is 9.45. The van der Waals surface area contributed by atoms with Gasteiger partial charge in [0.25, 0.3) is 5.91 Å². The molecule has 1 saturated heterocycles. The van der Waals surface area contributed by atoms with E-state index in [1.807, 2.05) is 31.9 Å². The number of carbonyl (C=O) groups excluding carboxylic acids is 1. The molecule has 0 unspecified atom stereocenters. The molecule has 3 aromatic rings. The topological polar surface area (TPSA) is 54.5 Å². The highest BCUT2D eigenvalue weighted by molar-refractivity contribution is 5.97. The van der Waals surface area contributed by atoms with Gasteiger partial charge in [-0.15, -0.1) is 0 Å². The molecule has 178 valence electrons. The van der Waals surface area contributed by atoms with Crippen LogP contribution in [0.2, 0.25) is 0 Å². The van der Waals surface area contributed by atoms with Gasteiger partial charge in [0.2, 0.25) is 0 Å². The number of amides is 1. The first-order valence-corrected chi connectivity index (χ1v) is 12.0. The van der Waals surface area contributed by atoms with Crippen molar-refractivity contribution in [1.29, 1.82) is 0 Å². The van der Waals surface area contributed by atoms with Gasteiger partial charge in [0.15, 0.2) is 0 Å². The van der Waals surface area contributed by atoms with Crippen LogP contribution in [0.5, 0.6) is 0 Å². The van der Waals surface area contributed by atoms with E-state index >= 15 is 0 Å². The summed E-state index contributed by atoms with van der Waals surface area (Å²) in [6.07, 6.45) is 1.98. The van der Waals surface area contributed by atoms with E-state index in [1.54, 1.807) is 7.11 Å². The molecular formula is C29H35N3O2. The van der Waals surface area contributed by atoms with E-state index in [4.69, 9.17) is 9.72 Å². The normalized spacial score (nSPS) is 14.3. The van der Waals surface area contributed by atoms with Crippen LogP contribution in [0.1, 0.15) is 57.2 Å². The maximum Gasteiger partial charge on any atom is 0.254 e. The van der Waals surface area contributed by atoms with Gasteiger partial charge in [-0.2, -0.15) is 0 Å². The molecule has 0 radical (unpaired) electrons. The van der Waals surface area contributed by atoms with Crippen LogP contribution in [-0.2, 0) is 11.3 Å². The first kappa shape index (κ1) is 24.0. The number of hydrogen-bond donors (Lipinski definition) is 1. The molecule has 0 saturated carbocycles. The minimum atomic E-state index is 0.129. The van der Waals surface area contributed by atoms with Crippen molar-refractivity contribution in [2.45, 2.75) is 46.1 Å². The van der Waals surface area contributed by atoms with E-state index in [9.17, 15) is 4.79 Å². The van der Waals surface area contributed by atoms with Crippen LogP contribution in [0.15, 0.2) is 48.5 Å². The molecule has 0 atom stereocenters. The average Bonchev–Trinajstić information content (AvgIpc) is 2.85. The standard InChI is InChI=1S/C29H35N3O2/c1-19-16-20(2)28(17-27(19)26-11-10-25(18-34-5)31-21(26)3)29(33)32-14-12-23(13-15-32)22-6-8-24(30-4)9-7-22/h6-11,16-17,23,30H,12-15,18H2,1-5H3. The Bertz CT molecular complexity index is 1160. The van der Waals surface area contributed by atoms with Gasteiger partial charge in [-0.3, -0.25) is 9.78 Å². The van der Waals surface area contributed by atoms with E-state index in [0.29, 0.717) is 12.5 Å². The lowest BCUT2D eigenvalue weighted by Crippen LogP contribution is -2.38. The van der Waals surface area contributed by atoms with Crippen LogP contribution >= 0.6 is 0 Å². The lowest BCUT2D eigenvalue weighted by Gasteiger charge is -2.33. The highest BCUT2D eigenvalue weighted by Gasteiger charge is 2.26. The van der Waals surface area contributed by atoms with Gasteiger partial charge >= 0.3 is 0 Å². The van der Waals surface area contributed by atoms with E-state index in [-0.39, 0.29) is 5.91 Å². The number of carbonyl (C=O) groups is 1. The van der Waals surface area contributed by atoms with Crippen molar-refractivity contribution in [1.82, 2.24) is 9.88 Å². The number of benzene rings is 2. The van der Waals surface area contributed by atoms with Crippen LogP contribution in [0.3, 0.4) is 0 Å². The summed E-state index contributed by atoms with van der Waals surface area (Å²) in [5.74, 6) is 0.633. The third-order valence-corrected chi connectivity index (χ3v) is 6.98. The summed E-state index contributed by atoms with van der Waals surface area (Å²) < 4.78 is 5.22. The molecule has 5 nitrogen and oxygen atoms in total. The Morgan fingerprint density at radius 2 is 1.71 bits per heavy atom. The average molecular weight is 458 g/mol. The number of methoxy groups -OCH3 is 1. The number of ether oxygens (including phenoxy) is 1. The van der Waals surface area contributed by atoms with Crippen LogP contribution in [0.4, 0.5) is 5.69 Å². The van der Waals surface area contributed by atoms with Gasteiger partial charge < -0.3 is 15.0 Å². The number of likely N-dealkylation sites (tertiary alicyclic amines) is 1. The number of pyridine rings is 1. The smallest absolute Gasteiger partial charge is 0.254 e. The van der Waals surface area contributed by atoms with Crippen molar-refractivity contribution in [3.63, 3.8) is 0 Å². The molecule has 0 aliphatic carbocycles. The van der Waals surface area contributed by atoms with E-state index in [2.05, 4.69) is 54.7 Å². The summed E-state index contributed by atoms with van der Waals surface area (Å²) in [4.78, 5) is 20.3. The Kier molecular flexibility index (Phi) is 7.32. The predicted octanol–water partition coefficient (Wildman–Crippen LogP) is 5.88. The Labute approximate surface area is 203 Å². The molecule has 1 N–H and O–H groups in total. The van der Waals surface area contributed by atoms with Gasteiger partial charge in [0.05, 0.1) is 12.3 Å². The summed E-state index contributed by atoms with van der Waals surface area (Å²) in [7, 11) is 3.61. The maximum atomic E-state index is 13.6. The third-order valence-electron chi connectivity index (χ3n) is 6.98. The van der Waals surface area contributed by atoms with Crippen molar-refractivity contribution in [2.24, 2.45) is 0 Å². The molecule has 1 aliphatic rings. The summed E-state index contributed by atoms with van der Waals surface area (Å²) in [6, 6.07) is 17.0. The quantitative estimate of drug-likeness (QED) is 0.502. The van der Waals surface area contributed by atoms with Crippen molar-refractivity contribution >= 4 is 11.6 Å². The summed E-state index contributed by atoms with van der Waals surface area (Å²) in [5, 5.41) is 3.17. The number of nitrogens with one attached hydrogen (secondary N) is 1. The van der Waals surface area contributed by atoms with Crippen molar-refractivity contribution in [3.05, 3.63) is 82.2 Å². The molecule has 4 rings (SSSR count). The Balaban J connectivity index is 1.52. The fraction of sp³-hybridized carbons (Fsp3) is 0.379. The Morgan fingerprint density at radius 3 is 2.32 bits per heavy atom. The Morgan fingerprint density at radius 1 is 1.00 bits per heavy atom. The molecule has 1 fully saturated rings. The number of aromatic nitrogens is 1. The zero-order valence-electron chi connectivity index (χ0n) is 20.9. The molecule has 0 spiro atoms. The van der Waals surface area contributed by atoms with Gasteiger partial charge in [0.1, 0.15) is 0 Å².